The molecule has 0 atom stereocenters. The van der Waals surface area contributed by atoms with Crippen LogP contribution in [0.1, 0.15) is 0 Å². The topological polar surface area (TPSA) is 0 Å². The predicted octanol–water partition coefficient (Wildman–Crippen LogP) is 8.69. The van der Waals surface area contributed by atoms with Crippen LogP contribution in [0.4, 0.5) is 0 Å². The molecule has 0 aliphatic heterocycles. The molecule has 0 unspecified atom stereocenters. The van der Waals surface area contributed by atoms with E-state index in [1.54, 1.807) is 0 Å². The minimum atomic E-state index is -1.64. The van der Waals surface area contributed by atoms with Crippen LogP contribution in [0.25, 0.3) is 11.1 Å². The summed E-state index contributed by atoms with van der Waals surface area (Å²) in [6.07, 6.45) is 0. The lowest BCUT2D eigenvalue weighted by atomic mass is 10.1. The van der Waals surface area contributed by atoms with Gasteiger partial charge in [0.1, 0.15) is 0 Å². The third kappa shape index (κ3) is 3.58. The molecule has 31 heavy (non-hydrogen) atoms. The fourth-order valence-corrected chi connectivity index (χ4v) is 8.10. The average molecular weight is 417 g/mol. The van der Waals surface area contributed by atoms with Crippen LogP contribution in [0.5, 0.6) is 0 Å². The van der Waals surface area contributed by atoms with Gasteiger partial charge in [-0.05, 0) is 59.7 Å². The first kappa shape index (κ1) is 19.4. The van der Waals surface area contributed by atoms with Gasteiger partial charge in [0, 0.05) is 19.6 Å². The van der Waals surface area contributed by atoms with Gasteiger partial charge in [-0.25, -0.2) is 0 Å². The largest absolute Gasteiger partial charge is 0.133 e. The summed E-state index contributed by atoms with van der Waals surface area (Å²) in [5, 5.41) is 0. The molecule has 0 N–H and O–H groups in total. The second-order valence-electron chi connectivity index (χ2n) is 7.45. The molecule has 0 heterocycles. The number of benzene rings is 5. The van der Waals surface area contributed by atoms with Gasteiger partial charge in [-0.2, -0.15) is 0 Å². The Morgan fingerprint density at radius 1 is 0.290 bits per heavy atom. The lowest BCUT2D eigenvalue weighted by Crippen LogP contribution is -2.05. The number of hydrogen-bond donors (Lipinski definition) is 0. The van der Waals surface area contributed by atoms with Crippen molar-refractivity contribution in [2.24, 2.45) is 0 Å². The van der Waals surface area contributed by atoms with E-state index in [0.29, 0.717) is 0 Å². The molecule has 0 bridgehead atoms. The van der Waals surface area contributed by atoms with E-state index in [0.717, 1.165) is 0 Å². The Hall–Kier alpha value is -3.55. The highest BCUT2D eigenvalue weighted by Crippen LogP contribution is 2.73. The monoisotopic (exact) mass is 416 g/mol. The molecule has 0 saturated heterocycles. The zero-order valence-electron chi connectivity index (χ0n) is 17.3. The number of rotatable bonds is 5. The summed E-state index contributed by atoms with van der Waals surface area (Å²) in [6.45, 7) is 0. The van der Waals surface area contributed by atoms with E-state index in [2.05, 4.69) is 146 Å². The van der Waals surface area contributed by atoms with Crippen LogP contribution in [0, 0.1) is 0 Å². The summed E-state index contributed by atoms with van der Waals surface area (Å²) in [7, 11) is -1.64. The molecular formula is C30H24S. The standard InChI is InChI=1S/C30H24S/c1-5-14-25(15-6-1)26-16-13-23-30(24-26)31(27-17-7-2-8-18-27,28-19-9-3-10-20-28)29-21-11-4-12-22-29/h1-24H. The molecule has 5 aromatic rings. The summed E-state index contributed by atoms with van der Waals surface area (Å²) >= 11 is 0. The van der Waals surface area contributed by atoms with Gasteiger partial charge in [0.2, 0.25) is 0 Å². The summed E-state index contributed by atoms with van der Waals surface area (Å²) in [5.41, 5.74) is 2.49. The molecule has 0 nitrogen and oxygen atoms in total. The molecule has 0 amide bonds. The summed E-state index contributed by atoms with van der Waals surface area (Å²) in [5.74, 6) is 0. The van der Waals surface area contributed by atoms with Crippen LogP contribution in [0.3, 0.4) is 0 Å². The first-order valence-electron chi connectivity index (χ1n) is 10.5. The van der Waals surface area contributed by atoms with Gasteiger partial charge < -0.3 is 0 Å². The smallest absolute Gasteiger partial charge is 0.00291 e. The summed E-state index contributed by atoms with van der Waals surface area (Å²) < 4.78 is 0. The van der Waals surface area contributed by atoms with E-state index in [-0.39, 0.29) is 0 Å². The van der Waals surface area contributed by atoms with Gasteiger partial charge in [0.05, 0.1) is 0 Å². The third-order valence-electron chi connectivity index (χ3n) is 5.58. The first-order chi connectivity index (χ1) is 15.4. The Kier molecular flexibility index (Phi) is 5.43. The fraction of sp³-hybridized carbons (Fsp3) is 0. The van der Waals surface area contributed by atoms with Gasteiger partial charge in [-0.15, -0.1) is 10.0 Å². The minimum absolute atomic E-state index is 1.24. The van der Waals surface area contributed by atoms with E-state index in [1.165, 1.54) is 30.7 Å². The van der Waals surface area contributed by atoms with Gasteiger partial charge in [-0.3, -0.25) is 0 Å². The van der Waals surface area contributed by atoms with E-state index in [1.807, 2.05) is 0 Å². The Morgan fingerprint density at radius 2 is 0.645 bits per heavy atom. The van der Waals surface area contributed by atoms with Crippen molar-refractivity contribution in [2.45, 2.75) is 19.6 Å². The molecule has 0 spiro atoms. The highest BCUT2D eigenvalue weighted by molar-refractivity contribution is 8.34. The van der Waals surface area contributed by atoms with Crippen LogP contribution >= 0.6 is 10.0 Å². The number of hydrogen-bond acceptors (Lipinski definition) is 0. The molecule has 0 aromatic heterocycles. The molecule has 150 valence electrons. The molecule has 5 rings (SSSR count). The molecule has 0 fully saturated rings. The molecule has 5 aromatic carbocycles. The normalized spacial score (nSPS) is 11.7. The zero-order valence-corrected chi connectivity index (χ0v) is 18.1. The molecule has 0 radical (unpaired) electrons. The second kappa shape index (κ2) is 8.67. The van der Waals surface area contributed by atoms with Crippen molar-refractivity contribution >= 4 is 10.0 Å². The average Bonchev–Trinajstić information content (AvgIpc) is 2.87. The van der Waals surface area contributed by atoms with Crippen molar-refractivity contribution < 1.29 is 0 Å². The highest BCUT2D eigenvalue weighted by Gasteiger charge is 2.33. The lowest BCUT2D eigenvalue weighted by Gasteiger charge is -2.42. The zero-order chi connectivity index (χ0) is 20.9. The predicted molar refractivity (Wildman–Crippen MR) is 132 cm³/mol. The maximum Gasteiger partial charge on any atom is 0.00291 e. The van der Waals surface area contributed by atoms with E-state index < -0.39 is 10.0 Å². The third-order valence-corrected chi connectivity index (χ3v) is 9.48. The van der Waals surface area contributed by atoms with Crippen molar-refractivity contribution in [3.8, 4) is 11.1 Å². The molecular weight excluding hydrogens is 392 g/mol. The minimum Gasteiger partial charge on any atom is -0.133 e. The second-order valence-corrected chi connectivity index (χ2v) is 10.6. The van der Waals surface area contributed by atoms with Gasteiger partial charge in [-0.1, -0.05) is 97.1 Å². The van der Waals surface area contributed by atoms with E-state index >= 15 is 0 Å². The van der Waals surface area contributed by atoms with Crippen molar-refractivity contribution in [3.63, 3.8) is 0 Å². The van der Waals surface area contributed by atoms with Crippen molar-refractivity contribution in [2.75, 3.05) is 0 Å². The van der Waals surface area contributed by atoms with Gasteiger partial charge >= 0.3 is 0 Å². The SMILES string of the molecule is c1ccc(-c2cccc(S(c3ccccc3)(c3ccccc3)c3ccccc3)c2)cc1. The molecule has 0 aliphatic rings. The maximum absolute atomic E-state index is 2.39. The van der Waals surface area contributed by atoms with Crippen LogP contribution in [0.15, 0.2) is 165 Å². The first-order valence-corrected chi connectivity index (χ1v) is 12.2. The van der Waals surface area contributed by atoms with Crippen LogP contribution < -0.4 is 0 Å². The van der Waals surface area contributed by atoms with Crippen LogP contribution in [-0.4, -0.2) is 0 Å². The van der Waals surface area contributed by atoms with E-state index in [9.17, 15) is 0 Å². The Balaban J connectivity index is 1.85. The van der Waals surface area contributed by atoms with Crippen molar-refractivity contribution in [1.82, 2.24) is 0 Å². The van der Waals surface area contributed by atoms with Gasteiger partial charge in [0.25, 0.3) is 0 Å². The Labute approximate surface area is 186 Å². The van der Waals surface area contributed by atoms with E-state index in [4.69, 9.17) is 0 Å². The quantitative estimate of drug-likeness (QED) is 0.269. The molecule has 0 aliphatic carbocycles. The lowest BCUT2D eigenvalue weighted by molar-refractivity contribution is 1.24. The highest BCUT2D eigenvalue weighted by atomic mass is 32.3. The fourth-order valence-electron chi connectivity index (χ4n) is 4.19. The Bertz CT molecular complexity index is 1150. The van der Waals surface area contributed by atoms with Crippen LogP contribution in [-0.2, 0) is 0 Å². The molecule has 1 heteroatoms. The summed E-state index contributed by atoms with van der Waals surface area (Å²) in [6, 6.07) is 52.7. The summed E-state index contributed by atoms with van der Waals surface area (Å²) in [4.78, 5) is 5.38. The molecule has 0 saturated carbocycles. The Morgan fingerprint density at radius 3 is 1.10 bits per heavy atom. The van der Waals surface area contributed by atoms with Crippen LogP contribution in [0.2, 0.25) is 0 Å². The van der Waals surface area contributed by atoms with Gasteiger partial charge in [0.15, 0.2) is 0 Å². The van der Waals surface area contributed by atoms with Crippen molar-refractivity contribution in [3.05, 3.63) is 146 Å². The maximum atomic E-state index is 2.39. The van der Waals surface area contributed by atoms with Crippen molar-refractivity contribution in [1.29, 1.82) is 0 Å².